The van der Waals surface area contributed by atoms with E-state index in [1.807, 2.05) is 42.3 Å². The number of nitrogens with one attached hydrogen (secondary N) is 1. The number of rotatable bonds is 7. The number of carbonyl (C=O) groups is 1. The second-order valence-electron chi connectivity index (χ2n) is 5.47. The standard InChI is InChI=1S/C18H20Cl2N2O/c1-22(12-15-8-5-9-16(19)18(15)20)13-17(23)21-11-10-14-6-3-2-4-7-14/h2-9H,10-13H2,1H3,(H,21,23). The van der Waals surface area contributed by atoms with E-state index in [-0.39, 0.29) is 5.91 Å². The Bertz CT molecular complexity index is 647. The summed E-state index contributed by atoms with van der Waals surface area (Å²) in [6, 6.07) is 15.6. The molecule has 23 heavy (non-hydrogen) atoms. The van der Waals surface area contributed by atoms with Crippen molar-refractivity contribution in [1.29, 1.82) is 0 Å². The molecule has 0 bridgehead atoms. The number of likely N-dealkylation sites (N-methyl/N-ethyl adjacent to an activating group) is 1. The van der Waals surface area contributed by atoms with Crippen LogP contribution in [0.15, 0.2) is 48.5 Å². The molecule has 0 atom stereocenters. The molecule has 0 heterocycles. The van der Waals surface area contributed by atoms with Crippen molar-refractivity contribution < 1.29 is 4.79 Å². The van der Waals surface area contributed by atoms with Crippen LogP contribution in [0.1, 0.15) is 11.1 Å². The molecule has 0 radical (unpaired) electrons. The third-order valence-corrected chi connectivity index (χ3v) is 4.32. The Morgan fingerprint density at radius 2 is 1.83 bits per heavy atom. The van der Waals surface area contributed by atoms with E-state index in [0.717, 1.165) is 12.0 Å². The summed E-state index contributed by atoms with van der Waals surface area (Å²) in [5, 5.41) is 4.01. The largest absolute Gasteiger partial charge is 0.355 e. The molecule has 122 valence electrons. The Kier molecular flexibility index (Phi) is 6.90. The minimum absolute atomic E-state index is 0.00146. The molecular weight excluding hydrogens is 331 g/mol. The van der Waals surface area contributed by atoms with Gasteiger partial charge in [-0.15, -0.1) is 0 Å². The number of nitrogens with zero attached hydrogens (tertiary/aromatic N) is 1. The number of hydrogen-bond donors (Lipinski definition) is 1. The molecule has 0 aliphatic carbocycles. The molecule has 5 heteroatoms. The van der Waals surface area contributed by atoms with Gasteiger partial charge in [0, 0.05) is 13.1 Å². The molecule has 0 unspecified atom stereocenters. The fourth-order valence-electron chi connectivity index (χ4n) is 2.31. The first kappa shape index (κ1) is 17.8. The van der Waals surface area contributed by atoms with Crippen molar-refractivity contribution in [2.24, 2.45) is 0 Å². The average molecular weight is 351 g/mol. The van der Waals surface area contributed by atoms with Crippen molar-refractivity contribution >= 4 is 29.1 Å². The maximum absolute atomic E-state index is 12.0. The Morgan fingerprint density at radius 1 is 1.09 bits per heavy atom. The smallest absolute Gasteiger partial charge is 0.234 e. The van der Waals surface area contributed by atoms with Crippen LogP contribution in [0.4, 0.5) is 0 Å². The van der Waals surface area contributed by atoms with Crippen molar-refractivity contribution in [3.63, 3.8) is 0 Å². The van der Waals surface area contributed by atoms with Gasteiger partial charge in [0.1, 0.15) is 0 Å². The van der Waals surface area contributed by atoms with Crippen molar-refractivity contribution in [3.8, 4) is 0 Å². The lowest BCUT2D eigenvalue weighted by Crippen LogP contribution is -2.35. The minimum Gasteiger partial charge on any atom is -0.355 e. The molecule has 0 aliphatic rings. The van der Waals surface area contributed by atoms with Crippen molar-refractivity contribution in [1.82, 2.24) is 10.2 Å². The van der Waals surface area contributed by atoms with Gasteiger partial charge in [-0.2, -0.15) is 0 Å². The summed E-state index contributed by atoms with van der Waals surface area (Å²) in [6.07, 6.45) is 0.830. The van der Waals surface area contributed by atoms with E-state index in [0.29, 0.717) is 29.7 Å². The third kappa shape index (κ3) is 5.87. The number of hydrogen-bond acceptors (Lipinski definition) is 2. The monoisotopic (exact) mass is 350 g/mol. The zero-order chi connectivity index (χ0) is 16.7. The van der Waals surface area contributed by atoms with Gasteiger partial charge in [0.25, 0.3) is 0 Å². The molecule has 1 amide bonds. The maximum atomic E-state index is 12.0. The molecule has 0 saturated carbocycles. The van der Waals surface area contributed by atoms with Gasteiger partial charge in [0.15, 0.2) is 0 Å². The molecule has 0 saturated heterocycles. The second kappa shape index (κ2) is 8.92. The molecule has 0 fully saturated rings. The van der Waals surface area contributed by atoms with Gasteiger partial charge in [0.05, 0.1) is 16.6 Å². The van der Waals surface area contributed by atoms with Crippen molar-refractivity contribution in [2.45, 2.75) is 13.0 Å². The van der Waals surface area contributed by atoms with E-state index in [1.54, 1.807) is 6.07 Å². The van der Waals surface area contributed by atoms with Crippen LogP contribution in [-0.4, -0.2) is 30.9 Å². The third-order valence-electron chi connectivity index (χ3n) is 3.46. The van der Waals surface area contributed by atoms with Crippen LogP contribution in [0.2, 0.25) is 10.0 Å². The molecule has 0 aromatic heterocycles. The lowest BCUT2D eigenvalue weighted by molar-refractivity contribution is -0.122. The molecule has 3 nitrogen and oxygen atoms in total. The highest BCUT2D eigenvalue weighted by Gasteiger charge is 2.10. The Morgan fingerprint density at radius 3 is 2.57 bits per heavy atom. The zero-order valence-corrected chi connectivity index (χ0v) is 14.6. The van der Waals surface area contributed by atoms with Crippen LogP contribution in [0.25, 0.3) is 0 Å². The summed E-state index contributed by atoms with van der Waals surface area (Å²) in [6.45, 7) is 1.53. The van der Waals surface area contributed by atoms with Crippen LogP contribution in [-0.2, 0) is 17.8 Å². The average Bonchev–Trinajstić information content (AvgIpc) is 2.53. The molecule has 1 N–H and O–H groups in total. The molecular formula is C18H20Cl2N2O. The van der Waals surface area contributed by atoms with Gasteiger partial charge in [-0.3, -0.25) is 9.69 Å². The van der Waals surface area contributed by atoms with E-state index in [9.17, 15) is 4.79 Å². The van der Waals surface area contributed by atoms with Crippen LogP contribution >= 0.6 is 23.2 Å². The quantitative estimate of drug-likeness (QED) is 0.823. The second-order valence-corrected chi connectivity index (χ2v) is 6.26. The van der Waals surface area contributed by atoms with Gasteiger partial charge in [-0.25, -0.2) is 0 Å². The number of amides is 1. The number of carbonyl (C=O) groups excluding carboxylic acids is 1. The van der Waals surface area contributed by atoms with Crippen LogP contribution < -0.4 is 5.32 Å². The Hall–Kier alpha value is -1.55. The van der Waals surface area contributed by atoms with E-state index >= 15 is 0 Å². The van der Waals surface area contributed by atoms with E-state index < -0.39 is 0 Å². The van der Waals surface area contributed by atoms with E-state index in [4.69, 9.17) is 23.2 Å². The van der Waals surface area contributed by atoms with Gasteiger partial charge >= 0.3 is 0 Å². The molecule has 2 rings (SSSR count). The molecule has 0 spiro atoms. The van der Waals surface area contributed by atoms with Crippen LogP contribution in [0.3, 0.4) is 0 Å². The Balaban J connectivity index is 1.75. The summed E-state index contributed by atoms with van der Waals surface area (Å²) in [7, 11) is 1.88. The van der Waals surface area contributed by atoms with Gasteiger partial charge in [-0.1, -0.05) is 65.7 Å². The fourth-order valence-corrected chi connectivity index (χ4v) is 2.69. The highest BCUT2D eigenvalue weighted by molar-refractivity contribution is 6.42. The van der Waals surface area contributed by atoms with Crippen molar-refractivity contribution in [2.75, 3.05) is 20.1 Å². The van der Waals surface area contributed by atoms with Crippen molar-refractivity contribution in [3.05, 3.63) is 69.7 Å². The van der Waals surface area contributed by atoms with Crippen LogP contribution in [0.5, 0.6) is 0 Å². The first-order valence-corrected chi connectivity index (χ1v) is 8.24. The lowest BCUT2D eigenvalue weighted by Gasteiger charge is -2.17. The fraction of sp³-hybridized carbons (Fsp3) is 0.278. The van der Waals surface area contributed by atoms with E-state index in [2.05, 4.69) is 17.4 Å². The summed E-state index contributed by atoms with van der Waals surface area (Å²) < 4.78 is 0. The molecule has 2 aromatic carbocycles. The first-order chi connectivity index (χ1) is 11.1. The normalized spacial score (nSPS) is 10.8. The summed E-state index contributed by atoms with van der Waals surface area (Å²) in [5.74, 6) is 0.00146. The summed E-state index contributed by atoms with van der Waals surface area (Å²) in [5.41, 5.74) is 2.13. The predicted octanol–water partition coefficient (Wildman–Crippen LogP) is 3.78. The predicted molar refractivity (Wildman–Crippen MR) is 96.0 cm³/mol. The summed E-state index contributed by atoms with van der Waals surface area (Å²) >= 11 is 12.2. The summed E-state index contributed by atoms with van der Waals surface area (Å²) in [4.78, 5) is 13.9. The number of benzene rings is 2. The molecule has 0 aliphatic heterocycles. The topological polar surface area (TPSA) is 32.3 Å². The van der Waals surface area contributed by atoms with Gasteiger partial charge in [-0.05, 0) is 30.7 Å². The molecule has 2 aromatic rings. The zero-order valence-electron chi connectivity index (χ0n) is 13.1. The van der Waals surface area contributed by atoms with E-state index in [1.165, 1.54) is 5.56 Å². The number of halogens is 2. The highest BCUT2D eigenvalue weighted by atomic mass is 35.5. The van der Waals surface area contributed by atoms with Crippen LogP contribution in [0, 0.1) is 0 Å². The SMILES string of the molecule is CN(CC(=O)NCCc1ccccc1)Cc1cccc(Cl)c1Cl. The maximum Gasteiger partial charge on any atom is 0.234 e. The lowest BCUT2D eigenvalue weighted by atomic mass is 10.1. The first-order valence-electron chi connectivity index (χ1n) is 7.48. The minimum atomic E-state index is 0.00146. The van der Waals surface area contributed by atoms with Gasteiger partial charge in [0.2, 0.25) is 5.91 Å². The Labute approximate surface area is 147 Å². The highest BCUT2D eigenvalue weighted by Crippen LogP contribution is 2.26. The van der Waals surface area contributed by atoms with Gasteiger partial charge < -0.3 is 5.32 Å².